The van der Waals surface area contributed by atoms with Gasteiger partial charge in [-0.2, -0.15) is 4.98 Å². The van der Waals surface area contributed by atoms with Crippen molar-refractivity contribution in [1.82, 2.24) is 30.0 Å². The van der Waals surface area contributed by atoms with Crippen molar-refractivity contribution in [2.75, 3.05) is 76.1 Å². The second-order valence-electron chi connectivity index (χ2n) is 16.6. The van der Waals surface area contributed by atoms with E-state index < -0.39 is 19.5 Å². The summed E-state index contributed by atoms with van der Waals surface area (Å²) in [6.45, 7) is 5.36. The van der Waals surface area contributed by atoms with Crippen LogP contribution in [-0.2, 0) is 41.0 Å². The number of piperazine rings is 1. The van der Waals surface area contributed by atoms with Gasteiger partial charge in [-0.15, -0.1) is 0 Å². The van der Waals surface area contributed by atoms with Crippen molar-refractivity contribution >= 4 is 77.0 Å². The summed E-state index contributed by atoms with van der Waals surface area (Å²) < 4.78 is 29.4. The third-order valence-electron chi connectivity index (χ3n) is 12.8. The van der Waals surface area contributed by atoms with E-state index in [1.54, 1.807) is 36.3 Å². The molecule has 0 aliphatic carbocycles. The number of nitrogens with one attached hydrogen (secondary N) is 3. The predicted molar refractivity (Wildman–Crippen MR) is 248 cm³/mol. The molecule has 8 rings (SSSR count). The van der Waals surface area contributed by atoms with Crippen LogP contribution < -0.4 is 30.9 Å². The monoisotopic (exact) mass is 927 g/mol. The van der Waals surface area contributed by atoms with Crippen molar-refractivity contribution < 1.29 is 37.5 Å². The number of methoxy groups -OCH3 is 1. The molecule has 0 spiro atoms. The predicted octanol–water partition coefficient (Wildman–Crippen LogP) is 6.02. The maximum Gasteiger partial charge on any atom is 0.362 e. The summed E-state index contributed by atoms with van der Waals surface area (Å²) in [6.07, 6.45) is 7.06. The molecule has 19 heteroatoms. The van der Waals surface area contributed by atoms with Gasteiger partial charge in [0.2, 0.25) is 23.7 Å². The SMILES string of the molecule is COc1cc(N2CCC(N3CCN(C(=O)CCCCc4ccc5c(c4)CN(C4CCC(=O)NC4=O)C5=O)CC3)CC2)ccc1Nc1ncc(Cl)c(Nc2ccccc2P(=O)(OC)OC)n1. The molecular formula is C46H55ClN9O8P. The van der Waals surface area contributed by atoms with E-state index >= 15 is 0 Å². The number of amides is 4. The van der Waals surface area contributed by atoms with Crippen LogP contribution in [-0.4, -0.2) is 121 Å². The van der Waals surface area contributed by atoms with Gasteiger partial charge in [-0.25, -0.2) is 4.98 Å². The Morgan fingerprint density at radius 3 is 2.40 bits per heavy atom. The Bertz CT molecular complexity index is 2470. The molecule has 4 aromatic rings. The summed E-state index contributed by atoms with van der Waals surface area (Å²) in [5, 5.41) is 9.35. The number of fused-ring (bicyclic) bond motifs is 1. The third kappa shape index (κ3) is 10.3. The zero-order valence-electron chi connectivity index (χ0n) is 36.9. The zero-order valence-corrected chi connectivity index (χ0v) is 38.5. The highest BCUT2D eigenvalue weighted by molar-refractivity contribution is 7.62. The molecule has 344 valence electrons. The fraction of sp³-hybridized carbons (Fsp3) is 0.435. The number of aryl methyl sites for hydroxylation is 1. The number of aromatic nitrogens is 2. The molecule has 4 amide bonds. The molecule has 5 heterocycles. The average molecular weight is 928 g/mol. The van der Waals surface area contributed by atoms with Crippen LogP contribution in [0.5, 0.6) is 5.75 Å². The Morgan fingerprint density at radius 1 is 0.892 bits per heavy atom. The van der Waals surface area contributed by atoms with Gasteiger partial charge >= 0.3 is 7.60 Å². The summed E-state index contributed by atoms with van der Waals surface area (Å²) in [6, 6.07) is 18.6. The van der Waals surface area contributed by atoms with E-state index in [0.717, 1.165) is 88.2 Å². The number of rotatable bonds is 16. The first kappa shape index (κ1) is 46.0. The molecule has 4 aliphatic rings. The Morgan fingerprint density at radius 2 is 1.66 bits per heavy atom. The van der Waals surface area contributed by atoms with E-state index in [2.05, 4.69) is 41.8 Å². The maximum absolute atomic E-state index is 13.2. The number of para-hydroxylation sites is 1. The van der Waals surface area contributed by atoms with Crippen LogP contribution in [0.4, 0.5) is 28.8 Å². The van der Waals surface area contributed by atoms with Gasteiger partial charge < -0.3 is 39.1 Å². The molecule has 3 N–H and O–H groups in total. The number of hydrogen-bond acceptors (Lipinski definition) is 14. The maximum atomic E-state index is 13.2. The van der Waals surface area contributed by atoms with Crippen LogP contribution in [0.2, 0.25) is 5.02 Å². The van der Waals surface area contributed by atoms with Gasteiger partial charge in [0.15, 0.2) is 5.82 Å². The van der Waals surface area contributed by atoms with Crippen LogP contribution in [0.1, 0.15) is 66.4 Å². The van der Waals surface area contributed by atoms with Crippen LogP contribution in [0, 0.1) is 0 Å². The number of ether oxygens (including phenoxy) is 1. The van der Waals surface area contributed by atoms with Crippen LogP contribution >= 0.6 is 19.2 Å². The van der Waals surface area contributed by atoms with Crippen LogP contribution in [0.25, 0.3) is 0 Å². The van der Waals surface area contributed by atoms with E-state index in [-0.39, 0.29) is 35.1 Å². The lowest BCUT2D eigenvalue weighted by Crippen LogP contribution is -2.54. The molecule has 3 aromatic carbocycles. The van der Waals surface area contributed by atoms with E-state index in [1.165, 1.54) is 20.4 Å². The van der Waals surface area contributed by atoms with Gasteiger partial charge in [-0.1, -0.05) is 35.9 Å². The number of piperidine rings is 2. The molecule has 1 unspecified atom stereocenters. The van der Waals surface area contributed by atoms with E-state index in [9.17, 15) is 23.7 Å². The Hall–Kier alpha value is -5.58. The molecule has 0 bridgehead atoms. The number of unbranched alkanes of at least 4 members (excludes halogenated alkanes) is 1. The molecule has 17 nitrogen and oxygen atoms in total. The number of carbonyl (C=O) groups is 4. The lowest BCUT2D eigenvalue weighted by Gasteiger charge is -2.43. The first-order valence-electron chi connectivity index (χ1n) is 22.1. The zero-order chi connectivity index (χ0) is 45.7. The van der Waals surface area contributed by atoms with Gasteiger partial charge in [-0.3, -0.25) is 34.0 Å². The quantitative estimate of drug-likeness (QED) is 0.0672. The van der Waals surface area contributed by atoms with Gasteiger partial charge in [0, 0.05) is 96.2 Å². The number of anilines is 5. The lowest BCUT2D eigenvalue weighted by atomic mass is 10.0. The van der Waals surface area contributed by atoms with Crippen molar-refractivity contribution in [1.29, 1.82) is 0 Å². The fourth-order valence-corrected chi connectivity index (χ4v) is 10.6. The Balaban J connectivity index is 0.770. The van der Waals surface area contributed by atoms with Crippen molar-refractivity contribution in [2.45, 2.75) is 70.0 Å². The van der Waals surface area contributed by atoms with Gasteiger partial charge in [0.05, 0.1) is 30.0 Å². The van der Waals surface area contributed by atoms with E-state index in [0.29, 0.717) is 59.2 Å². The van der Waals surface area contributed by atoms with Crippen molar-refractivity contribution in [3.8, 4) is 5.75 Å². The summed E-state index contributed by atoms with van der Waals surface area (Å²) in [5.74, 6) is 0.536. The first-order valence-corrected chi connectivity index (χ1v) is 24.0. The average Bonchev–Trinajstić information content (AvgIpc) is 3.65. The largest absolute Gasteiger partial charge is 0.494 e. The number of hydrogen-bond donors (Lipinski definition) is 3. The number of benzene rings is 3. The van der Waals surface area contributed by atoms with Crippen molar-refractivity contribution in [2.24, 2.45) is 0 Å². The lowest BCUT2D eigenvalue weighted by molar-refractivity contribution is -0.137. The fourth-order valence-electron chi connectivity index (χ4n) is 9.20. The first-order chi connectivity index (χ1) is 31.5. The molecule has 1 atom stereocenters. The van der Waals surface area contributed by atoms with Crippen molar-refractivity contribution in [3.63, 3.8) is 0 Å². The minimum Gasteiger partial charge on any atom is -0.494 e. The molecule has 0 saturated carbocycles. The summed E-state index contributed by atoms with van der Waals surface area (Å²) in [7, 11) is 0.713. The van der Waals surface area contributed by atoms with Gasteiger partial charge in [-0.05, 0) is 80.0 Å². The molecule has 3 saturated heterocycles. The summed E-state index contributed by atoms with van der Waals surface area (Å²) >= 11 is 6.49. The van der Waals surface area contributed by atoms with Crippen LogP contribution in [0.3, 0.4) is 0 Å². The Kier molecular flexibility index (Phi) is 14.4. The molecule has 3 fully saturated rings. The number of nitrogens with zero attached hydrogens (tertiary/aromatic N) is 6. The topological polar surface area (TPSA) is 188 Å². The standard InChI is InChI=1S/C46H55ClN9O8P/c1-62-39-27-33(13-15-36(39)50-46-48-28-35(47)43(52-46)49-37-9-5-6-10-40(37)65(61,63-2)64-3)53-20-18-32(19-21-53)54-22-24-55(25-23-54)42(58)11-7-4-8-30-12-14-34-31(26-30)29-56(45(34)60)38-16-17-41(57)51-44(38)59/h5-6,9-10,12-15,26-28,32,38H,4,7-8,11,16-25,29H2,1-3H3,(H,51,57,59)(H2,48,49,50,52). The number of imide groups is 1. The summed E-state index contributed by atoms with van der Waals surface area (Å²) in [5.41, 5.74) is 4.83. The third-order valence-corrected chi connectivity index (χ3v) is 15.0. The molecular weight excluding hydrogens is 873 g/mol. The smallest absolute Gasteiger partial charge is 0.362 e. The van der Waals surface area contributed by atoms with Gasteiger partial charge in [0.1, 0.15) is 16.8 Å². The van der Waals surface area contributed by atoms with Crippen molar-refractivity contribution in [3.05, 3.63) is 88.6 Å². The highest BCUT2D eigenvalue weighted by Crippen LogP contribution is 2.47. The molecule has 4 aliphatic heterocycles. The van der Waals surface area contributed by atoms with Crippen LogP contribution in [0.15, 0.2) is 66.9 Å². The Labute approximate surface area is 383 Å². The van der Waals surface area contributed by atoms with Gasteiger partial charge in [0.25, 0.3) is 5.91 Å². The van der Waals surface area contributed by atoms with E-state index in [1.807, 2.05) is 35.2 Å². The highest BCUT2D eigenvalue weighted by Gasteiger charge is 2.39. The second kappa shape index (κ2) is 20.3. The normalized spacial score (nSPS) is 18.4. The molecule has 0 radical (unpaired) electrons. The van der Waals surface area contributed by atoms with E-state index in [4.69, 9.17) is 25.4 Å². The second-order valence-corrected chi connectivity index (χ2v) is 19.3. The molecule has 1 aromatic heterocycles. The molecule has 65 heavy (non-hydrogen) atoms. The summed E-state index contributed by atoms with van der Waals surface area (Å²) in [4.78, 5) is 67.7. The number of carbonyl (C=O) groups excluding carboxylic acids is 4. The minimum atomic E-state index is -3.57. The highest BCUT2D eigenvalue weighted by atomic mass is 35.5. The number of halogens is 1. The minimum absolute atomic E-state index is 0.168.